The number of carbonyl (C=O) groups is 1. The van der Waals surface area contributed by atoms with Crippen LogP contribution >= 0.6 is 11.6 Å². The number of benzene rings is 1. The number of rotatable bonds is 4. The van der Waals surface area contributed by atoms with Crippen molar-refractivity contribution in [3.63, 3.8) is 0 Å². The number of nitrogens with zero attached hydrogens (tertiary/aromatic N) is 1. The summed E-state index contributed by atoms with van der Waals surface area (Å²) in [5.74, 6) is -1.40. The Balaban J connectivity index is 2.23. The Morgan fingerprint density at radius 3 is 2.47 bits per heavy atom. The van der Waals surface area contributed by atoms with Crippen molar-refractivity contribution in [3.05, 3.63) is 64.4 Å². The van der Waals surface area contributed by atoms with Gasteiger partial charge in [-0.25, -0.2) is 4.98 Å². The van der Waals surface area contributed by atoms with Crippen LogP contribution < -0.4 is 0 Å². The second kappa shape index (κ2) is 5.85. The van der Waals surface area contributed by atoms with Gasteiger partial charge < -0.3 is 5.11 Å². The minimum Gasteiger partial charge on any atom is -0.481 e. The molecule has 2 aromatic rings. The summed E-state index contributed by atoms with van der Waals surface area (Å²) in [6, 6.07) is 11.0. The average Bonchev–Trinajstić information content (AvgIpc) is 2.39. The van der Waals surface area contributed by atoms with Gasteiger partial charge in [0.05, 0.1) is 5.92 Å². The van der Waals surface area contributed by atoms with Gasteiger partial charge in [0.15, 0.2) is 0 Å². The second-order valence-corrected chi connectivity index (χ2v) is 4.88. The molecule has 1 heterocycles. The smallest absolute Gasteiger partial charge is 0.311 e. The van der Waals surface area contributed by atoms with E-state index >= 15 is 0 Å². The topological polar surface area (TPSA) is 50.2 Å². The summed E-state index contributed by atoms with van der Waals surface area (Å²) < 4.78 is 0. The SMILES string of the molecule is Cc1ccc(C(Cc2ccc(Cl)nc2)C(=O)O)cc1. The van der Waals surface area contributed by atoms with Crippen molar-refractivity contribution in [2.75, 3.05) is 0 Å². The number of aryl methyl sites for hydroxylation is 1. The van der Waals surface area contributed by atoms with Gasteiger partial charge in [-0.2, -0.15) is 0 Å². The van der Waals surface area contributed by atoms with E-state index in [0.29, 0.717) is 11.6 Å². The van der Waals surface area contributed by atoms with Crippen LogP contribution in [-0.2, 0) is 11.2 Å². The molecular weight excluding hydrogens is 262 g/mol. The number of carboxylic acid groups (broad SMARTS) is 1. The summed E-state index contributed by atoms with van der Waals surface area (Å²) in [5.41, 5.74) is 2.77. The third-order valence-corrected chi connectivity index (χ3v) is 3.23. The van der Waals surface area contributed by atoms with Crippen molar-refractivity contribution >= 4 is 17.6 Å². The highest BCUT2D eigenvalue weighted by atomic mass is 35.5. The van der Waals surface area contributed by atoms with Crippen molar-refractivity contribution in [2.24, 2.45) is 0 Å². The Morgan fingerprint density at radius 2 is 1.95 bits per heavy atom. The Labute approximate surface area is 116 Å². The minimum atomic E-state index is -0.834. The molecule has 98 valence electrons. The summed E-state index contributed by atoms with van der Waals surface area (Å²) in [5, 5.41) is 9.77. The van der Waals surface area contributed by atoms with Gasteiger partial charge >= 0.3 is 5.97 Å². The lowest BCUT2D eigenvalue weighted by molar-refractivity contribution is -0.138. The van der Waals surface area contributed by atoms with Crippen LogP contribution in [0.25, 0.3) is 0 Å². The first-order chi connectivity index (χ1) is 9.06. The zero-order valence-corrected chi connectivity index (χ0v) is 11.3. The van der Waals surface area contributed by atoms with Crippen LogP contribution in [0, 0.1) is 6.92 Å². The lowest BCUT2D eigenvalue weighted by Crippen LogP contribution is -2.14. The van der Waals surface area contributed by atoms with Gasteiger partial charge in [0.25, 0.3) is 0 Å². The standard InChI is InChI=1S/C15H14ClNO2/c1-10-2-5-12(6-3-10)13(15(18)19)8-11-4-7-14(16)17-9-11/h2-7,9,13H,8H2,1H3,(H,18,19). The number of aliphatic carboxylic acids is 1. The fourth-order valence-electron chi connectivity index (χ4n) is 1.91. The Kier molecular flexibility index (Phi) is 4.17. The highest BCUT2D eigenvalue weighted by Crippen LogP contribution is 2.22. The highest BCUT2D eigenvalue weighted by molar-refractivity contribution is 6.29. The largest absolute Gasteiger partial charge is 0.481 e. The molecule has 0 aliphatic carbocycles. The molecule has 0 saturated heterocycles. The van der Waals surface area contributed by atoms with Crippen molar-refractivity contribution < 1.29 is 9.90 Å². The first kappa shape index (κ1) is 13.6. The molecule has 3 nitrogen and oxygen atoms in total. The average molecular weight is 276 g/mol. The lowest BCUT2D eigenvalue weighted by Gasteiger charge is -2.13. The second-order valence-electron chi connectivity index (χ2n) is 4.49. The molecule has 0 spiro atoms. The molecule has 0 radical (unpaired) electrons. The van der Waals surface area contributed by atoms with Crippen LogP contribution in [0.5, 0.6) is 0 Å². The van der Waals surface area contributed by atoms with E-state index in [0.717, 1.165) is 16.7 Å². The molecule has 1 N–H and O–H groups in total. The van der Waals surface area contributed by atoms with Crippen molar-refractivity contribution in [2.45, 2.75) is 19.3 Å². The molecule has 0 amide bonds. The molecule has 4 heteroatoms. The predicted octanol–water partition coefficient (Wildman–Crippen LogP) is 3.45. The molecule has 0 aliphatic rings. The van der Waals surface area contributed by atoms with Crippen molar-refractivity contribution in [3.8, 4) is 0 Å². The van der Waals surface area contributed by atoms with Crippen LogP contribution in [0.2, 0.25) is 5.15 Å². The van der Waals surface area contributed by atoms with E-state index < -0.39 is 11.9 Å². The minimum absolute atomic E-state index is 0.405. The summed E-state index contributed by atoms with van der Waals surface area (Å²) in [7, 11) is 0. The molecule has 1 atom stereocenters. The Hall–Kier alpha value is -1.87. The van der Waals surface area contributed by atoms with Crippen LogP contribution in [-0.4, -0.2) is 16.1 Å². The maximum absolute atomic E-state index is 11.4. The fraction of sp³-hybridized carbons (Fsp3) is 0.200. The molecular formula is C15H14ClNO2. The number of hydrogen-bond donors (Lipinski definition) is 1. The van der Waals surface area contributed by atoms with Gasteiger partial charge in [0, 0.05) is 6.20 Å². The van der Waals surface area contributed by atoms with Crippen LogP contribution in [0.3, 0.4) is 0 Å². The first-order valence-corrected chi connectivity index (χ1v) is 6.34. The number of pyridine rings is 1. The molecule has 0 aliphatic heterocycles. The maximum Gasteiger partial charge on any atom is 0.311 e. The predicted molar refractivity (Wildman–Crippen MR) is 74.5 cm³/mol. The van der Waals surface area contributed by atoms with Gasteiger partial charge in [-0.15, -0.1) is 0 Å². The van der Waals surface area contributed by atoms with E-state index in [4.69, 9.17) is 11.6 Å². The van der Waals surface area contributed by atoms with Gasteiger partial charge in [-0.3, -0.25) is 4.79 Å². The maximum atomic E-state index is 11.4. The lowest BCUT2D eigenvalue weighted by atomic mass is 9.92. The van der Waals surface area contributed by atoms with E-state index in [1.54, 1.807) is 18.3 Å². The molecule has 0 saturated carbocycles. The summed E-state index contributed by atoms with van der Waals surface area (Å²) in [4.78, 5) is 15.4. The first-order valence-electron chi connectivity index (χ1n) is 5.96. The third kappa shape index (κ3) is 3.55. The molecule has 1 unspecified atom stereocenters. The van der Waals surface area contributed by atoms with E-state index in [2.05, 4.69) is 4.98 Å². The van der Waals surface area contributed by atoms with E-state index in [-0.39, 0.29) is 0 Å². The van der Waals surface area contributed by atoms with Crippen molar-refractivity contribution in [1.29, 1.82) is 0 Å². The van der Waals surface area contributed by atoms with E-state index in [1.165, 1.54) is 0 Å². The summed E-state index contributed by atoms with van der Waals surface area (Å²) in [6.07, 6.45) is 2.02. The third-order valence-electron chi connectivity index (χ3n) is 3.01. The molecule has 19 heavy (non-hydrogen) atoms. The summed E-state index contributed by atoms with van der Waals surface area (Å²) in [6.45, 7) is 1.97. The van der Waals surface area contributed by atoms with Crippen LogP contribution in [0.4, 0.5) is 0 Å². The van der Waals surface area contributed by atoms with E-state index in [9.17, 15) is 9.90 Å². The Morgan fingerprint density at radius 1 is 1.26 bits per heavy atom. The number of carboxylic acids is 1. The van der Waals surface area contributed by atoms with E-state index in [1.807, 2.05) is 31.2 Å². The number of hydrogen-bond acceptors (Lipinski definition) is 2. The quantitative estimate of drug-likeness (QED) is 0.870. The normalized spacial score (nSPS) is 12.1. The fourth-order valence-corrected chi connectivity index (χ4v) is 2.02. The van der Waals surface area contributed by atoms with Crippen LogP contribution in [0.15, 0.2) is 42.6 Å². The zero-order chi connectivity index (χ0) is 13.8. The molecule has 1 aromatic heterocycles. The Bertz CT molecular complexity index is 564. The number of halogens is 1. The van der Waals surface area contributed by atoms with Gasteiger partial charge in [-0.1, -0.05) is 47.5 Å². The van der Waals surface area contributed by atoms with Gasteiger partial charge in [-0.05, 0) is 30.5 Å². The van der Waals surface area contributed by atoms with Crippen molar-refractivity contribution in [1.82, 2.24) is 4.98 Å². The molecule has 2 rings (SSSR count). The monoisotopic (exact) mass is 275 g/mol. The van der Waals surface area contributed by atoms with Crippen LogP contribution in [0.1, 0.15) is 22.6 Å². The van der Waals surface area contributed by atoms with Gasteiger partial charge in [0.1, 0.15) is 5.15 Å². The summed E-state index contributed by atoms with van der Waals surface area (Å²) >= 11 is 5.72. The van der Waals surface area contributed by atoms with Gasteiger partial charge in [0.2, 0.25) is 0 Å². The highest BCUT2D eigenvalue weighted by Gasteiger charge is 2.20. The number of aromatic nitrogens is 1. The molecule has 0 fully saturated rings. The molecule has 0 bridgehead atoms. The zero-order valence-electron chi connectivity index (χ0n) is 10.5. The molecule has 1 aromatic carbocycles.